The van der Waals surface area contributed by atoms with Crippen molar-refractivity contribution in [3.63, 3.8) is 0 Å². The third-order valence-electron chi connectivity index (χ3n) is 5.02. The molecule has 132 valence electrons. The molecule has 3 rings (SSSR count). The Morgan fingerprint density at radius 2 is 1.96 bits per heavy atom. The molecule has 1 heterocycles. The normalized spacial score (nSPS) is 23.5. The first kappa shape index (κ1) is 17.6. The van der Waals surface area contributed by atoms with Gasteiger partial charge in [0.05, 0.1) is 5.60 Å². The quantitative estimate of drug-likeness (QED) is 0.901. The molecular weight excluding hydrogens is 321 g/mol. The zero-order valence-electron chi connectivity index (χ0n) is 14.2. The van der Waals surface area contributed by atoms with Crippen LogP contribution in [0.1, 0.15) is 30.1 Å². The van der Waals surface area contributed by atoms with Crippen LogP contribution in [0.3, 0.4) is 0 Å². The number of hydrogen-bond acceptors (Lipinski definition) is 3. The molecule has 2 atom stereocenters. The number of piperidine rings is 1. The number of carbonyl (C=O) groups excluding carboxylic acids is 1. The first-order chi connectivity index (χ1) is 11.9. The average Bonchev–Trinajstić information content (AvgIpc) is 2.63. The summed E-state index contributed by atoms with van der Waals surface area (Å²) in [6, 6.07) is 13.3. The molecule has 1 saturated heterocycles. The van der Waals surface area contributed by atoms with E-state index in [9.17, 15) is 19.4 Å². The van der Waals surface area contributed by atoms with Crippen LogP contribution in [0.2, 0.25) is 0 Å². The lowest BCUT2D eigenvalue weighted by Gasteiger charge is -2.41. The van der Waals surface area contributed by atoms with Crippen LogP contribution >= 0.6 is 0 Å². The molecule has 5 heteroatoms. The maximum absolute atomic E-state index is 13.3. The van der Waals surface area contributed by atoms with Gasteiger partial charge in [0.15, 0.2) is 0 Å². The third kappa shape index (κ3) is 3.57. The summed E-state index contributed by atoms with van der Waals surface area (Å²) in [7, 11) is 0. The van der Waals surface area contributed by atoms with E-state index in [4.69, 9.17) is 0 Å². The molecule has 0 aliphatic carbocycles. The van der Waals surface area contributed by atoms with E-state index < -0.39 is 11.7 Å². The van der Waals surface area contributed by atoms with Crippen molar-refractivity contribution in [2.75, 3.05) is 13.1 Å². The number of aliphatic hydroxyl groups excluding tert-OH is 1. The first-order valence-corrected chi connectivity index (χ1v) is 8.48. The highest BCUT2D eigenvalue weighted by atomic mass is 19.1. The zero-order chi connectivity index (χ0) is 18.0. The largest absolute Gasteiger partial charge is 0.388 e. The van der Waals surface area contributed by atoms with Gasteiger partial charge in [0.1, 0.15) is 11.9 Å². The fraction of sp³-hybridized carbons (Fsp3) is 0.350. The van der Waals surface area contributed by atoms with Gasteiger partial charge in [-0.05, 0) is 48.2 Å². The van der Waals surface area contributed by atoms with Gasteiger partial charge in [-0.1, -0.05) is 31.2 Å². The van der Waals surface area contributed by atoms with Crippen LogP contribution in [0.25, 0.3) is 11.1 Å². The second-order valence-corrected chi connectivity index (χ2v) is 6.56. The molecule has 0 unspecified atom stereocenters. The van der Waals surface area contributed by atoms with Crippen molar-refractivity contribution in [3.8, 4) is 11.1 Å². The Morgan fingerprint density at radius 3 is 2.56 bits per heavy atom. The van der Waals surface area contributed by atoms with Gasteiger partial charge >= 0.3 is 0 Å². The minimum atomic E-state index is -1.11. The number of likely N-dealkylation sites (tertiary alicyclic amines) is 1. The summed E-state index contributed by atoms with van der Waals surface area (Å²) in [6.07, 6.45) is -0.127. The molecule has 2 aromatic rings. The number of β-amino-alcohol motifs (C(OH)–C–C–N with tert-alkyl or cyclic N) is 1. The number of amides is 1. The van der Waals surface area contributed by atoms with Crippen molar-refractivity contribution >= 4 is 5.91 Å². The zero-order valence-corrected chi connectivity index (χ0v) is 14.2. The van der Waals surface area contributed by atoms with Crippen molar-refractivity contribution in [3.05, 3.63) is 59.9 Å². The highest BCUT2D eigenvalue weighted by molar-refractivity contribution is 5.94. The number of aliphatic hydroxyl groups is 2. The molecule has 0 radical (unpaired) electrons. The van der Waals surface area contributed by atoms with E-state index in [-0.39, 0.29) is 18.3 Å². The van der Waals surface area contributed by atoms with E-state index in [1.165, 1.54) is 12.1 Å². The summed E-state index contributed by atoms with van der Waals surface area (Å²) in [4.78, 5) is 14.2. The van der Waals surface area contributed by atoms with Crippen molar-refractivity contribution in [2.45, 2.75) is 31.5 Å². The molecule has 0 spiro atoms. The molecule has 4 nitrogen and oxygen atoms in total. The van der Waals surface area contributed by atoms with E-state index in [1.54, 1.807) is 35.2 Å². The predicted molar refractivity (Wildman–Crippen MR) is 93.6 cm³/mol. The van der Waals surface area contributed by atoms with Crippen molar-refractivity contribution in [1.82, 2.24) is 4.90 Å². The minimum Gasteiger partial charge on any atom is -0.388 e. The highest BCUT2D eigenvalue weighted by Gasteiger charge is 2.40. The molecular formula is C20H22FNO3. The van der Waals surface area contributed by atoms with E-state index in [0.29, 0.717) is 24.9 Å². The maximum atomic E-state index is 13.3. The Bertz CT molecular complexity index is 762. The Hall–Kier alpha value is -2.24. The molecule has 0 aromatic heterocycles. The molecule has 2 N–H and O–H groups in total. The van der Waals surface area contributed by atoms with E-state index in [2.05, 4.69) is 0 Å². The van der Waals surface area contributed by atoms with Gasteiger partial charge in [-0.25, -0.2) is 4.39 Å². The minimum absolute atomic E-state index is 0.120. The van der Waals surface area contributed by atoms with Crippen LogP contribution in [0, 0.1) is 5.82 Å². The summed E-state index contributed by atoms with van der Waals surface area (Å²) in [5.74, 6) is -0.480. The number of hydrogen-bond donors (Lipinski definition) is 2. The van der Waals surface area contributed by atoms with Gasteiger partial charge in [0.25, 0.3) is 5.91 Å². The molecule has 2 aromatic carbocycles. The Morgan fingerprint density at radius 1 is 1.24 bits per heavy atom. The van der Waals surface area contributed by atoms with Crippen LogP contribution in [0.4, 0.5) is 4.39 Å². The van der Waals surface area contributed by atoms with E-state index in [0.717, 1.165) is 11.1 Å². The van der Waals surface area contributed by atoms with Crippen molar-refractivity contribution in [1.29, 1.82) is 0 Å². The maximum Gasteiger partial charge on any atom is 0.253 e. The molecule has 25 heavy (non-hydrogen) atoms. The van der Waals surface area contributed by atoms with Crippen LogP contribution in [0.15, 0.2) is 48.5 Å². The second kappa shape index (κ2) is 6.94. The SMILES string of the molecule is CC[C@@]1(O)CCN(C(=O)c2ccc(-c3cccc(F)c3)cc2)C[C@H]1O. The third-order valence-corrected chi connectivity index (χ3v) is 5.02. The Kier molecular flexibility index (Phi) is 4.88. The van der Waals surface area contributed by atoms with Crippen molar-refractivity contribution < 1.29 is 19.4 Å². The topological polar surface area (TPSA) is 60.8 Å². The number of benzene rings is 2. The average molecular weight is 343 g/mol. The summed E-state index contributed by atoms with van der Waals surface area (Å²) in [5.41, 5.74) is 0.975. The fourth-order valence-electron chi connectivity index (χ4n) is 3.22. The molecule has 1 amide bonds. The first-order valence-electron chi connectivity index (χ1n) is 8.48. The predicted octanol–water partition coefficient (Wildman–Crippen LogP) is 2.84. The smallest absolute Gasteiger partial charge is 0.253 e. The molecule has 0 bridgehead atoms. The summed E-state index contributed by atoms with van der Waals surface area (Å²) < 4.78 is 13.3. The Labute approximate surface area is 146 Å². The summed E-state index contributed by atoms with van der Waals surface area (Å²) in [5, 5.41) is 20.4. The van der Waals surface area contributed by atoms with Crippen LogP contribution in [-0.4, -0.2) is 45.8 Å². The lowest BCUT2D eigenvalue weighted by molar-refractivity contribution is -0.114. The fourth-order valence-corrected chi connectivity index (χ4v) is 3.22. The molecule has 1 fully saturated rings. The number of halogens is 1. The van der Waals surface area contributed by atoms with Gasteiger partial charge in [-0.3, -0.25) is 4.79 Å². The van der Waals surface area contributed by atoms with Crippen LogP contribution < -0.4 is 0 Å². The summed E-state index contributed by atoms with van der Waals surface area (Å²) >= 11 is 0. The van der Waals surface area contributed by atoms with E-state index >= 15 is 0 Å². The monoisotopic (exact) mass is 343 g/mol. The molecule has 1 aliphatic heterocycles. The Balaban J connectivity index is 1.73. The molecule has 1 aliphatic rings. The van der Waals surface area contributed by atoms with Crippen LogP contribution in [0.5, 0.6) is 0 Å². The lowest BCUT2D eigenvalue weighted by Crippen LogP contribution is -2.56. The lowest BCUT2D eigenvalue weighted by atomic mass is 9.86. The number of carbonyl (C=O) groups is 1. The van der Waals surface area contributed by atoms with Gasteiger partial charge in [-0.15, -0.1) is 0 Å². The van der Waals surface area contributed by atoms with Gasteiger partial charge in [0.2, 0.25) is 0 Å². The number of rotatable bonds is 3. The standard InChI is InChI=1S/C20H22FNO3/c1-2-20(25)10-11-22(13-18(20)23)19(24)15-8-6-14(7-9-15)16-4-3-5-17(21)12-16/h3-9,12,18,23,25H,2,10-11,13H2,1H3/t18-,20-/m1/s1. The van der Waals surface area contributed by atoms with E-state index in [1.807, 2.05) is 13.0 Å². The number of nitrogens with zero attached hydrogens (tertiary/aromatic N) is 1. The second-order valence-electron chi connectivity index (χ2n) is 6.56. The van der Waals surface area contributed by atoms with Gasteiger partial charge in [0, 0.05) is 18.7 Å². The summed E-state index contributed by atoms with van der Waals surface area (Å²) in [6.45, 7) is 2.35. The van der Waals surface area contributed by atoms with Crippen LogP contribution in [-0.2, 0) is 0 Å². The van der Waals surface area contributed by atoms with Gasteiger partial charge < -0.3 is 15.1 Å². The molecule has 0 saturated carbocycles. The van der Waals surface area contributed by atoms with Crippen molar-refractivity contribution in [2.24, 2.45) is 0 Å². The van der Waals surface area contributed by atoms with Gasteiger partial charge in [-0.2, -0.15) is 0 Å². The highest BCUT2D eigenvalue weighted by Crippen LogP contribution is 2.27.